The minimum Gasteiger partial charge on any atom is -0.462 e. The molecule has 55 heavy (non-hydrogen) atoms. The number of allylic oxidation sites excluding steroid dienone is 18. The van der Waals surface area contributed by atoms with Crippen molar-refractivity contribution in [2.75, 3.05) is 26.4 Å². The normalized spacial score (nSPS) is 14.5. The van der Waals surface area contributed by atoms with Gasteiger partial charge in [0.05, 0.1) is 13.2 Å². The first-order chi connectivity index (χ1) is 26.8. The average molecular weight is 786 g/mol. The molecule has 1 unspecified atom stereocenters. The maximum atomic E-state index is 12.5. The second-order valence-electron chi connectivity index (χ2n) is 12.8. The highest BCUT2D eigenvalue weighted by molar-refractivity contribution is 7.47. The fourth-order valence-corrected chi connectivity index (χ4v) is 5.43. The van der Waals surface area contributed by atoms with E-state index in [2.05, 4.69) is 111 Å². The summed E-state index contributed by atoms with van der Waals surface area (Å²) in [4.78, 5) is 34.8. The first-order valence-electron chi connectivity index (χ1n) is 20.4. The number of nitrogens with two attached hydrogens (primary N) is 1. The number of esters is 2. The predicted molar refractivity (Wildman–Crippen MR) is 228 cm³/mol. The fourth-order valence-electron chi connectivity index (χ4n) is 4.66. The van der Waals surface area contributed by atoms with E-state index in [1.807, 2.05) is 12.2 Å². The van der Waals surface area contributed by atoms with E-state index < -0.39 is 32.5 Å². The van der Waals surface area contributed by atoms with Crippen LogP contribution in [0.1, 0.15) is 129 Å². The van der Waals surface area contributed by atoms with Gasteiger partial charge in [0.1, 0.15) is 6.61 Å². The highest BCUT2D eigenvalue weighted by Gasteiger charge is 2.25. The summed E-state index contributed by atoms with van der Waals surface area (Å²) < 4.78 is 32.6. The summed E-state index contributed by atoms with van der Waals surface area (Å²) in [6, 6.07) is 0. The van der Waals surface area contributed by atoms with Gasteiger partial charge in [0, 0.05) is 19.4 Å². The Morgan fingerprint density at radius 3 is 1.42 bits per heavy atom. The number of carbonyl (C=O) groups is 2. The zero-order chi connectivity index (χ0) is 40.3. The summed E-state index contributed by atoms with van der Waals surface area (Å²) in [7, 11) is -4.41. The molecule has 0 radical (unpaired) electrons. The van der Waals surface area contributed by atoms with Gasteiger partial charge < -0.3 is 20.1 Å². The molecule has 0 saturated heterocycles. The van der Waals surface area contributed by atoms with E-state index >= 15 is 0 Å². The van der Waals surface area contributed by atoms with Gasteiger partial charge in [-0.2, -0.15) is 0 Å². The molecule has 0 bridgehead atoms. The van der Waals surface area contributed by atoms with Crippen LogP contribution in [0.2, 0.25) is 0 Å². The molecule has 0 heterocycles. The van der Waals surface area contributed by atoms with E-state index in [0.29, 0.717) is 19.3 Å². The van der Waals surface area contributed by atoms with E-state index in [1.54, 1.807) is 0 Å². The van der Waals surface area contributed by atoms with Crippen molar-refractivity contribution >= 4 is 19.8 Å². The Kier molecular flexibility index (Phi) is 37.9. The Morgan fingerprint density at radius 1 is 0.564 bits per heavy atom. The first kappa shape index (κ1) is 51.7. The quantitative estimate of drug-likeness (QED) is 0.0275. The Hall–Kier alpha value is -3.33. The smallest absolute Gasteiger partial charge is 0.462 e. The van der Waals surface area contributed by atoms with Gasteiger partial charge in [0.25, 0.3) is 0 Å². The van der Waals surface area contributed by atoms with Gasteiger partial charge in [0.2, 0.25) is 0 Å². The summed E-state index contributed by atoms with van der Waals surface area (Å²) in [5.41, 5.74) is 5.33. The summed E-state index contributed by atoms with van der Waals surface area (Å²) in [6.07, 6.45) is 52.8. The SMILES string of the molecule is CC/C=C\C/C=C\C/C=C\C/C=C\C/C=C\CCCC(=O)O[C@H](COC(=O)CCC/C=C\C/C=C\C/C=C\C/C=C\CCCCC)COP(=O)(O)OCCN. The lowest BCUT2D eigenvalue weighted by Crippen LogP contribution is -2.29. The average Bonchev–Trinajstić information content (AvgIpc) is 3.17. The number of carbonyl (C=O) groups excluding carboxylic acids is 2. The summed E-state index contributed by atoms with van der Waals surface area (Å²) >= 11 is 0. The first-order valence-corrected chi connectivity index (χ1v) is 21.9. The Bertz CT molecular complexity index is 1260. The number of ether oxygens (including phenoxy) is 2. The fraction of sp³-hybridized carbons (Fsp3) is 0.556. The van der Waals surface area contributed by atoms with Crippen LogP contribution in [0, 0.1) is 0 Å². The Balaban J connectivity index is 4.42. The van der Waals surface area contributed by atoms with Crippen molar-refractivity contribution in [3.05, 3.63) is 109 Å². The Labute approximate surface area is 333 Å². The molecule has 0 fully saturated rings. The third kappa shape index (κ3) is 40.2. The molecule has 3 N–H and O–H groups in total. The largest absolute Gasteiger partial charge is 0.472 e. The summed E-state index contributed by atoms with van der Waals surface area (Å²) in [5, 5.41) is 0. The van der Waals surface area contributed by atoms with Gasteiger partial charge in [-0.1, -0.05) is 136 Å². The lowest BCUT2D eigenvalue weighted by atomic mass is 10.2. The lowest BCUT2D eigenvalue weighted by Gasteiger charge is -2.19. The van der Waals surface area contributed by atoms with E-state index in [1.165, 1.54) is 25.7 Å². The summed E-state index contributed by atoms with van der Waals surface area (Å²) in [6.45, 7) is 3.42. The summed E-state index contributed by atoms with van der Waals surface area (Å²) in [5.74, 6) is -0.977. The second-order valence-corrected chi connectivity index (χ2v) is 14.2. The van der Waals surface area contributed by atoms with Crippen molar-refractivity contribution in [2.45, 2.75) is 136 Å². The molecule has 0 rings (SSSR count). The van der Waals surface area contributed by atoms with Gasteiger partial charge in [-0.3, -0.25) is 18.6 Å². The van der Waals surface area contributed by atoms with Crippen LogP contribution >= 0.6 is 7.82 Å². The molecule has 0 saturated carbocycles. The molecule has 310 valence electrons. The molecule has 10 heteroatoms. The van der Waals surface area contributed by atoms with Crippen molar-refractivity contribution in [1.29, 1.82) is 0 Å². The van der Waals surface area contributed by atoms with Crippen LogP contribution in [0.4, 0.5) is 0 Å². The molecule has 0 spiro atoms. The third-order valence-electron chi connectivity index (χ3n) is 7.64. The molecule has 0 aliphatic heterocycles. The maximum Gasteiger partial charge on any atom is 0.472 e. The molecule has 9 nitrogen and oxygen atoms in total. The predicted octanol–water partition coefficient (Wildman–Crippen LogP) is 11.6. The minimum atomic E-state index is -4.41. The number of hydrogen-bond donors (Lipinski definition) is 2. The van der Waals surface area contributed by atoms with Crippen LogP contribution in [0.25, 0.3) is 0 Å². The van der Waals surface area contributed by atoms with E-state index in [-0.39, 0.29) is 32.6 Å². The van der Waals surface area contributed by atoms with Crippen LogP contribution < -0.4 is 5.73 Å². The van der Waals surface area contributed by atoms with E-state index in [9.17, 15) is 19.0 Å². The van der Waals surface area contributed by atoms with Gasteiger partial charge in [-0.25, -0.2) is 4.57 Å². The molecule has 0 aromatic rings. The van der Waals surface area contributed by atoms with Crippen LogP contribution in [0.3, 0.4) is 0 Å². The van der Waals surface area contributed by atoms with Crippen LogP contribution in [0.5, 0.6) is 0 Å². The van der Waals surface area contributed by atoms with Crippen molar-refractivity contribution in [3.8, 4) is 0 Å². The highest BCUT2D eigenvalue weighted by atomic mass is 31.2. The standard InChI is InChI=1S/C45H72NO8P/c1-3-5-7-9-11-13-15-17-19-21-23-25-27-29-31-33-35-37-44(47)51-41-43(42-53-55(49,50)52-40-39-46)54-45(48)38-36-34-32-30-28-26-24-22-20-18-16-14-12-10-8-6-4-2/h6,8,11-14,17-20,23-26,29-32,43H,3-5,7,9-10,15-16,21-22,27-28,33-42,46H2,1-2H3,(H,49,50)/b8-6-,13-11-,14-12-,19-17-,20-18-,25-23-,26-24-,31-29-,32-30-/t43-/m1/s1. The zero-order valence-corrected chi connectivity index (χ0v) is 34.7. The second kappa shape index (κ2) is 40.3. The number of unbranched alkanes of at least 4 members (excludes halogenated alkanes) is 5. The van der Waals surface area contributed by atoms with Gasteiger partial charge in [-0.15, -0.1) is 0 Å². The molecular weight excluding hydrogens is 713 g/mol. The monoisotopic (exact) mass is 785 g/mol. The van der Waals surface area contributed by atoms with Gasteiger partial charge in [-0.05, 0) is 89.9 Å². The molecule has 0 amide bonds. The molecule has 2 atom stereocenters. The van der Waals surface area contributed by atoms with Crippen LogP contribution in [-0.2, 0) is 32.7 Å². The van der Waals surface area contributed by atoms with E-state index in [0.717, 1.165) is 57.8 Å². The number of rotatable bonds is 36. The van der Waals surface area contributed by atoms with Gasteiger partial charge >= 0.3 is 19.8 Å². The van der Waals surface area contributed by atoms with Gasteiger partial charge in [0.15, 0.2) is 6.10 Å². The van der Waals surface area contributed by atoms with E-state index in [4.69, 9.17) is 24.3 Å². The third-order valence-corrected chi connectivity index (χ3v) is 8.63. The van der Waals surface area contributed by atoms with Crippen LogP contribution in [-0.4, -0.2) is 49.3 Å². The topological polar surface area (TPSA) is 134 Å². The van der Waals surface area contributed by atoms with Crippen LogP contribution in [0.15, 0.2) is 109 Å². The number of phosphoric ester groups is 1. The van der Waals surface area contributed by atoms with Crippen molar-refractivity contribution < 1.29 is 37.6 Å². The zero-order valence-electron chi connectivity index (χ0n) is 33.9. The van der Waals surface area contributed by atoms with Crippen molar-refractivity contribution in [3.63, 3.8) is 0 Å². The number of hydrogen-bond acceptors (Lipinski definition) is 8. The maximum absolute atomic E-state index is 12.5. The lowest BCUT2D eigenvalue weighted by molar-refractivity contribution is -0.161. The van der Waals surface area contributed by atoms with Crippen molar-refractivity contribution in [1.82, 2.24) is 0 Å². The molecule has 0 aromatic heterocycles. The molecule has 0 aliphatic rings. The molecule has 0 aliphatic carbocycles. The highest BCUT2D eigenvalue weighted by Crippen LogP contribution is 2.43. The molecular formula is C45H72NO8P. The van der Waals surface area contributed by atoms with Crippen molar-refractivity contribution in [2.24, 2.45) is 5.73 Å². The Morgan fingerprint density at radius 2 is 0.982 bits per heavy atom. The number of phosphoric acid groups is 1. The minimum absolute atomic E-state index is 0.0306. The molecule has 0 aromatic carbocycles.